The third kappa shape index (κ3) is 7.79. The van der Waals surface area contributed by atoms with Gasteiger partial charge in [0.15, 0.2) is 29.7 Å². The third-order valence-electron chi connectivity index (χ3n) is 9.94. The van der Waals surface area contributed by atoms with Crippen molar-refractivity contribution in [2.75, 3.05) is 41.7 Å². The maximum atomic E-state index is 14.2. The molecule has 1 aromatic heterocycles. The van der Waals surface area contributed by atoms with E-state index in [0.717, 1.165) is 0 Å². The Hall–Kier alpha value is -4.07. The molecule has 0 bridgehead atoms. The molecule has 6 rings (SSSR count). The van der Waals surface area contributed by atoms with Crippen molar-refractivity contribution >= 4 is 11.0 Å². The molecule has 3 aromatic rings. The number of fused-ring (bicyclic) bond motifs is 1. The number of methoxy groups -OCH3 is 4. The highest BCUT2D eigenvalue weighted by Crippen LogP contribution is 2.52. The predicted molar refractivity (Wildman–Crippen MR) is 188 cm³/mol. The Labute approximate surface area is 323 Å². The van der Waals surface area contributed by atoms with Crippen molar-refractivity contribution < 1.29 is 97.7 Å². The van der Waals surface area contributed by atoms with Crippen LogP contribution in [0.15, 0.2) is 33.5 Å². The summed E-state index contributed by atoms with van der Waals surface area (Å²) < 4.78 is 62.6. The Morgan fingerprint density at radius 3 is 1.88 bits per heavy atom. The first-order valence-electron chi connectivity index (χ1n) is 17.6. The minimum atomic E-state index is -2.01. The van der Waals surface area contributed by atoms with Crippen molar-refractivity contribution in [2.24, 2.45) is 0 Å². The molecule has 316 valence electrons. The third-order valence-corrected chi connectivity index (χ3v) is 9.94. The fourth-order valence-electron chi connectivity index (χ4n) is 6.90. The van der Waals surface area contributed by atoms with E-state index in [0.29, 0.717) is 5.56 Å². The van der Waals surface area contributed by atoms with Crippen LogP contribution < -0.4 is 29.1 Å². The summed E-state index contributed by atoms with van der Waals surface area (Å²) in [6, 6.07) is 5.70. The number of hydrogen-bond donors (Lipinski definition) is 9. The zero-order valence-corrected chi connectivity index (χ0v) is 31.2. The van der Waals surface area contributed by atoms with Crippen molar-refractivity contribution in [3.63, 3.8) is 0 Å². The van der Waals surface area contributed by atoms with Gasteiger partial charge >= 0.3 is 0 Å². The fraction of sp³-hybridized carbons (Fsp3) is 0.583. The smallest absolute Gasteiger partial charge is 0.239 e. The zero-order chi connectivity index (χ0) is 41.5. The normalized spacial score (nSPS) is 34.5. The topological polar surface area (TPSA) is 305 Å². The van der Waals surface area contributed by atoms with Gasteiger partial charge in [-0.25, -0.2) is 0 Å². The molecule has 21 heteroatoms. The molecule has 57 heavy (non-hydrogen) atoms. The van der Waals surface area contributed by atoms with E-state index >= 15 is 0 Å². The van der Waals surface area contributed by atoms with Crippen LogP contribution in [0.2, 0.25) is 0 Å². The number of aromatic hydroxyl groups is 1. The molecule has 0 spiro atoms. The largest absolute Gasteiger partial charge is 0.508 e. The van der Waals surface area contributed by atoms with Crippen molar-refractivity contribution in [3.8, 4) is 45.8 Å². The van der Waals surface area contributed by atoms with Crippen LogP contribution in [0.3, 0.4) is 0 Å². The van der Waals surface area contributed by atoms with Crippen LogP contribution in [0.4, 0.5) is 0 Å². The molecule has 4 heterocycles. The molecule has 9 N–H and O–H groups in total. The van der Waals surface area contributed by atoms with Gasteiger partial charge in [0, 0.05) is 5.56 Å². The van der Waals surface area contributed by atoms with Gasteiger partial charge in [0.1, 0.15) is 72.2 Å². The molecule has 14 atom stereocenters. The van der Waals surface area contributed by atoms with Gasteiger partial charge in [-0.05, 0) is 31.2 Å². The number of ether oxygens (including phenoxy) is 10. The molecule has 0 aliphatic carbocycles. The highest BCUT2D eigenvalue weighted by Gasteiger charge is 2.52. The van der Waals surface area contributed by atoms with Crippen LogP contribution in [0.1, 0.15) is 6.92 Å². The lowest BCUT2D eigenvalue weighted by Crippen LogP contribution is -2.65. The second-order valence-corrected chi connectivity index (χ2v) is 13.4. The van der Waals surface area contributed by atoms with Gasteiger partial charge in [-0.3, -0.25) is 4.79 Å². The summed E-state index contributed by atoms with van der Waals surface area (Å²) in [4.78, 5) is 14.2. The Morgan fingerprint density at radius 1 is 0.667 bits per heavy atom. The summed E-state index contributed by atoms with van der Waals surface area (Å²) in [6.45, 7) is 0.0333. The molecule has 0 saturated carbocycles. The van der Waals surface area contributed by atoms with E-state index < -0.39 is 110 Å². The molecule has 2 aromatic carbocycles. The van der Waals surface area contributed by atoms with Gasteiger partial charge < -0.3 is 97.7 Å². The molecule has 0 radical (unpaired) electrons. The number of benzene rings is 2. The fourth-order valence-corrected chi connectivity index (χ4v) is 6.90. The molecule has 14 unspecified atom stereocenters. The van der Waals surface area contributed by atoms with Crippen LogP contribution >= 0.6 is 0 Å². The number of rotatable bonds is 12. The molecule has 3 saturated heterocycles. The second-order valence-electron chi connectivity index (χ2n) is 13.4. The van der Waals surface area contributed by atoms with Crippen molar-refractivity contribution in [2.45, 2.75) is 92.9 Å². The summed E-state index contributed by atoms with van der Waals surface area (Å²) in [6.07, 6.45) is -23.1. The number of aliphatic hydroxyl groups excluding tert-OH is 8. The van der Waals surface area contributed by atoms with E-state index in [9.17, 15) is 50.8 Å². The summed E-state index contributed by atoms with van der Waals surface area (Å²) in [5, 5.41) is 95.0. The first-order chi connectivity index (χ1) is 27.2. The van der Waals surface area contributed by atoms with Gasteiger partial charge in [0.05, 0.1) is 47.8 Å². The predicted octanol–water partition coefficient (Wildman–Crippen LogP) is -2.31. The van der Waals surface area contributed by atoms with Gasteiger partial charge in [-0.2, -0.15) is 0 Å². The minimum Gasteiger partial charge on any atom is -0.508 e. The summed E-state index contributed by atoms with van der Waals surface area (Å²) in [5.41, 5.74) is -0.699. The average molecular weight is 815 g/mol. The number of phenols is 1. The van der Waals surface area contributed by atoms with Crippen molar-refractivity contribution in [1.29, 1.82) is 0 Å². The van der Waals surface area contributed by atoms with Crippen LogP contribution in [-0.2, 0) is 23.7 Å². The maximum absolute atomic E-state index is 14.2. The summed E-state index contributed by atoms with van der Waals surface area (Å²) >= 11 is 0. The van der Waals surface area contributed by atoms with E-state index in [4.69, 9.17) is 51.8 Å². The molecular formula is C36H46O21. The van der Waals surface area contributed by atoms with Crippen LogP contribution in [0.25, 0.3) is 22.3 Å². The molecule has 3 aliphatic rings. The first kappa shape index (κ1) is 42.5. The zero-order valence-electron chi connectivity index (χ0n) is 31.2. The Bertz CT molecular complexity index is 1900. The van der Waals surface area contributed by atoms with Crippen LogP contribution in [0.5, 0.6) is 34.5 Å². The molecule has 0 amide bonds. The van der Waals surface area contributed by atoms with E-state index in [1.165, 1.54) is 59.6 Å². The first-order valence-corrected chi connectivity index (χ1v) is 17.6. The van der Waals surface area contributed by atoms with E-state index in [1.54, 1.807) is 0 Å². The van der Waals surface area contributed by atoms with Crippen LogP contribution in [0, 0.1) is 0 Å². The quantitative estimate of drug-likeness (QED) is 0.0928. The van der Waals surface area contributed by atoms with Crippen LogP contribution in [-0.4, -0.2) is 174 Å². The Kier molecular flexibility index (Phi) is 13.0. The van der Waals surface area contributed by atoms with E-state index in [-0.39, 0.29) is 45.5 Å². The van der Waals surface area contributed by atoms with Crippen molar-refractivity contribution in [1.82, 2.24) is 0 Å². The lowest BCUT2D eigenvalue weighted by Gasteiger charge is -2.46. The number of aliphatic hydroxyl groups is 8. The van der Waals surface area contributed by atoms with Gasteiger partial charge in [-0.1, -0.05) is 0 Å². The maximum Gasteiger partial charge on any atom is 0.239 e. The Morgan fingerprint density at radius 2 is 1.26 bits per heavy atom. The Balaban J connectivity index is 1.30. The monoisotopic (exact) mass is 814 g/mol. The lowest BCUT2D eigenvalue weighted by molar-refractivity contribution is -0.363. The molecule has 21 nitrogen and oxygen atoms in total. The van der Waals surface area contributed by atoms with E-state index in [1.807, 2.05) is 0 Å². The number of hydrogen-bond acceptors (Lipinski definition) is 21. The van der Waals surface area contributed by atoms with Gasteiger partial charge in [0.25, 0.3) is 0 Å². The molecule has 3 aliphatic heterocycles. The standard InChI is InChI=1S/C36H46O21/c1-12-18(40)20(42)22(44)35(52-12)55-26-15(39)11-51-34(24(26)46)56-27-16(10-37)53-36(23(45)21(27)43)57-29-17-19(41)30(47-2)25(13-6-8-14(38)9-7-13)54-28(17)31(48-3)33(50-5)32(29)49-4/h6-9,12,15-16,18,20-24,26-27,34-40,42-46H,10-11H2,1-5H3. The molecule has 3 fully saturated rings. The summed E-state index contributed by atoms with van der Waals surface area (Å²) in [7, 11) is 5.00. The van der Waals surface area contributed by atoms with Gasteiger partial charge in [0.2, 0.25) is 34.7 Å². The SMILES string of the molecule is COc1c(OC)c(OC2OC(CO)C(OC3OCC(O)C(OC4OC(C)C(O)C(O)C4O)C3O)C(O)C2O)c2c(=O)c(OC)c(-c3ccc(O)cc3)oc2c1OC. The number of phenolic OH excluding ortho intramolecular Hbond substituents is 1. The highest BCUT2D eigenvalue weighted by atomic mass is 16.8. The minimum absolute atomic E-state index is 0.0500. The average Bonchev–Trinajstić information content (AvgIpc) is 3.20. The lowest BCUT2D eigenvalue weighted by atomic mass is 9.97. The second kappa shape index (κ2) is 17.4. The van der Waals surface area contributed by atoms with E-state index in [2.05, 4.69) is 0 Å². The van der Waals surface area contributed by atoms with Crippen molar-refractivity contribution in [3.05, 3.63) is 34.5 Å². The summed E-state index contributed by atoms with van der Waals surface area (Å²) in [5.74, 6) is -1.28. The highest BCUT2D eigenvalue weighted by molar-refractivity contribution is 5.97. The molecular weight excluding hydrogens is 768 g/mol. The van der Waals surface area contributed by atoms with Gasteiger partial charge in [-0.15, -0.1) is 0 Å².